The van der Waals surface area contributed by atoms with E-state index in [0.717, 1.165) is 11.3 Å². The molecule has 140 valence electrons. The Bertz CT molecular complexity index is 900. The molecule has 2 atom stereocenters. The van der Waals surface area contributed by atoms with Crippen molar-refractivity contribution in [2.24, 2.45) is 0 Å². The van der Waals surface area contributed by atoms with E-state index in [-0.39, 0.29) is 6.61 Å². The Hall–Kier alpha value is -2.46. The Balaban J connectivity index is 1.96. The summed E-state index contributed by atoms with van der Waals surface area (Å²) >= 11 is 0. The van der Waals surface area contributed by atoms with Crippen molar-refractivity contribution in [3.8, 4) is 0 Å². The zero-order valence-electron chi connectivity index (χ0n) is 15.4. The molecule has 0 amide bonds. The fraction of sp³-hybridized carbons (Fsp3) is 0.190. The van der Waals surface area contributed by atoms with Crippen molar-refractivity contribution in [2.45, 2.75) is 12.5 Å². The summed E-state index contributed by atoms with van der Waals surface area (Å²) in [5.41, 5.74) is 2.18. The number of aliphatic hydroxyl groups is 1. The van der Waals surface area contributed by atoms with Crippen LogP contribution in [0.15, 0.2) is 79.0 Å². The number of benzene rings is 2. The lowest BCUT2D eigenvalue weighted by atomic mass is 10.2. The molecule has 0 aliphatic heterocycles. The predicted octanol–water partition coefficient (Wildman–Crippen LogP) is 3.96. The van der Waals surface area contributed by atoms with Crippen LogP contribution in [0.2, 0.25) is 0 Å². The van der Waals surface area contributed by atoms with Crippen LogP contribution < -0.4 is 10.2 Å². The number of rotatable bonds is 7. The van der Waals surface area contributed by atoms with Crippen LogP contribution in [-0.4, -0.2) is 24.2 Å². The zero-order valence-corrected chi connectivity index (χ0v) is 16.3. The highest BCUT2D eigenvalue weighted by atomic mass is 31.2. The third-order valence-electron chi connectivity index (χ3n) is 4.27. The van der Waals surface area contributed by atoms with Gasteiger partial charge in [0.05, 0.1) is 12.3 Å². The first-order chi connectivity index (χ1) is 13.0. The van der Waals surface area contributed by atoms with E-state index in [1.807, 2.05) is 61.5 Å². The van der Waals surface area contributed by atoms with E-state index in [1.165, 1.54) is 0 Å². The third-order valence-corrected chi connectivity index (χ3v) is 6.71. The van der Waals surface area contributed by atoms with Crippen molar-refractivity contribution in [1.29, 1.82) is 0 Å². The Morgan fingerprint density at radius 1 is 1.00 bits per heavy atom. The van der Waals surface area contributed by atoms with Crippen molar-refractivity contribution >= 4 is 18.4 Å². The maximum atomic E-state index is 13.8. The number of hydrogen-bond acceptors (Lipinski definition) is 5. The van der Waals surface area contributed by atoms with Crippen molar-refractivity contribution in [3.05, 3.63) is 90.3 Å². The first kappa shape index (κ1) is 19.3. The molecule has 0 aliphatic rings. The van der Waals surface area contributed by atoms with Gasteiger partial charge in [0.25, 0.3) is 7.37 Å². The lowest BCUT2D eigenvalue weighted by Crippen LogP contribution is -2.16. The minimum atomic E-state index is -3.63. The molecule has 3 aromatic rings. The van der Waals surface area contributed by atoms with Gasteiger partial charge in [-0.25, -0.2) is 0 Å². The Kier molecular flexibility index (Phi) is 6.07. The Labute approximate surface area is 159 Å². The minimum Gasteiger partial charge on any atom is -0.378 e. The molecular formula is C21H23N2O3P. The number of aliphatic hydroxyl groups excluding tert-OH is 1. The summed E-state index contributed by atoms with van der Waals surface area (Å²) in [5, 5.41) is 11.3. The van der Waals surface area contributed by atoms with Crippen LogP contribution in [0.3, 0.4) is 0 Å². The van der Waals surface area contributed by atoms with Gasteiger partial charge in [-0.3, -0.25) is 9.55 Å². The molecule has 2 unspecified atom stereocenters. The Morgan fingerprint density at radius 3 is 2.26 bits per heavy atom. The SMILES string of the molecule is CN(C)c1ccc(P(=O)(OCc2ccccc2)C(O)c2ccccn2)cc1. The maximum Gasteiger partial charge on any atom is 0.266 e. The highest BCUT2D eigenvalue weighted by Crippen LogP contribution is 2.57. The molecule has 0 aliphatic carbocycles. The van der Waals surface area contributed by atoms with Crippen molar-refractivity contribution in [3.63, 3.8) is 0 Å². The summed E-state index contributed by atoms with van der Waals surface area (Å²) < 4.78 is 19.7. The number of pyridine rings is 1. The van der Waals surface area contributed by atoms with Crippen LogP contribution in [-0.2, 0) is 15.7 Å². The lowest BCUT2D eigenvalue weighted by Gasteiger charge is -2.24. The molecular weight excluding hydrogens is 359 g/mol. The minimum absolute atomic E-state index is 0.136. The highest BCUT2D eigenvalue weighted by Gasteiger charge is 2.37. The van der Waals surface area contributed by atoms with Crippen LogP contribution in [0.4, 0.5) is 5.69 Å². The standard InChI is InChI=1S/C21H23N2O3P/c1-23(2)18-11-13-19(14-12-18)27(25,21(24)20-10-6-7-15-22-20)26-16-17-8-4-3-5-9-17/h3-15,21,24H,16H2,1-2H3. The van der Waals surface area contributed by atoms with Gasteiger partial charge in [0.2, 0.25) is 0 Å². The van der Waals surface area contributed by atoms with E-state index in [4.69, 9.17) is 4.52 Å². The number of nitrogens with zero attached hydrogens (tertiary/aromatic N) is 2. The average Bonchev–Trinajstić information content (AvgIpc) is 2.73. The fourth-order valence-electron chi connectivity index (χ4n) is 2.69. The summed E-state index contributed by atoms with van der Waals surface area (Å²) in [7, 11) is 0.242. The second-order valence-electron chi connectivity index (χ2n) is 6.40. The molecule has 0 spiro atoms. The quantitative estimate of drug-likeness (QED) is 0.627. The van der Waals surface area contributed by atoms with Crippen molar-refractivity contribution < 1.29 is 14.2 Å². The molecule has 1 N–H and O–H groups in total. The van der Waals surface area contributed by atoms with Crippen LogP contribution in [0, 0.1) is 0 Å². The van der Waals surface area contributed by atoms with E-state index in [2.05, 4.69) is 4.98 Å². The van der Waals surface area contributed by atoms with E-state index in [9.17, 15) is 9.67 Å². The summed E-state index contributed by atoms with van der Waals surface area (Å²) in [6.45, 7) is 0.136. The molecule has 5 nitrogen and oxygen atoms in total. The van der Waals surface area contributed by atoms with Gasteiger partial charge >= 0.3 is 0 Å². The summed E-state index contributed by atoms with van der Waals surface area (Å²) in [5.74, 6) is -1.34. The van der Waals surface area contributed by atoms with E-state index in [0.29, 0.717) is 11.0 Å². The van der Waals surface area contributed by atoms with E-state index in [1.54, 1.807) is 36.5 Å². The molecule has 1 aromatic heterocycles. The molecule has 6 heteroatoms. The fourth-order valence-corrected chi connectivity index (χ4v) is 4.67. The topological polar surface area (TPSA) is 62.7 Å². The Morgan fingerprint density at radius 2 is 1.67 bits per heavy atom. The summed E-state index contributed by atoms with van der Waals surface area (Å²) in [6.07, 6.45) is 1.56. The van der Waals surface area contributed by atoms with Gasteiger partial charge in [0, 0.05) is 31.3 Å². The number of anilines is 1. The molecule has 2 aromatic carbocycles. The third kappa shape index (κ3) is 4.45. The molecule has 1 heterocycles. The first-order valence-corrected chi connectivity index (χ1v) is 10.4. The zero-order chi connectivity index (χ0) is 19.3. The van der Waals surface area contributed by atoms with Gasteiger partial charge in [0.15, 0.2) is 5.85 Å². The van der Waals surface area contributed by atoms with Gasteiger partial charge in [-0.2, -0.15) is 0 Å². The molecule has 0 radical (unpaired) electrons. The molecule has 0 fully saturated rings. The molecule has 0 bridgehead atoms. The second-order valence-corrected chi connectivity index (χ2v) is 8.85. The van der Waals surface area contributed by atoms with Crippen LogP contribution in [0.1, 0.15) is 17.1 Å². The maximum absolute atomic E-state index is 13.8. The summed E-state index contributed by atoms with van der Waals surface area (Å²) in [6, 6.07) is 21.8. The van der Waals surface area contributed by atoms with E-state index >= 15 is 0 Å². The summed E-state index contributed by atoms with van der Waals surface area (Å²) in [4.78, 5) is 6.11. The van der Waals surface area contributed by atoms with Gasteiger partial charge in [0.1, 0.15) is 0 Å². The second kappa shape index (κ2) is 8.49. The first-order valence-electron chi connectivity index (χ1n) is 8.66. The van der Waals surface area contributed by atoms with Crippen LogP contribution in [0.5, 0.6) is 0 Å². The monoisotopic (exact) mass is 382 g/mol. The smallest absolute Gasteiger partial charge is 0.266 e. The van der Waals surface area contributed by atoms with Crippen molar-refractivity contribution in [2.75, 3.05) is 19.0 Å². The van der Waals surface area contributed by atoms with E-state index < -0.39 is 13.2 Å². The van der Waals surface area contributed by atoms with Crippen LogP contribution >= 0.6 is 7.37 Å². The largest absolute Gasteiger partial charge is 0.378 e. The number of hydrogen-bond donors (Lipinski definition) is 1. The average molecular weight is 382 g/mol. The number of aromatic nitrogens is 1. The van der Waals surface area contributed by atoms with Gasteiger partial charge in [-0.1, -0.05) is 36.4 Å². The predicted molar refractivity (Wildman–Crippen MR) is 108 cm³/mol. The molecule has 0 saturated heterocycles. The van der Waals surface area contributed by atoms with Gasteiger partial charge < -0.3 is 14.5 Å². The van der Waals surface area contributed by atoms with Crippen molar-refractivity contribution in [1.82, 2.24) is 4.98 Å². The van der Waals surface area contributed by atoms with Crippen LogP contribution in [0.25, 0.3) is 0 Å². The normalized spacial score (nSPS) is 14.3. The molecule has 3 rings (SSSR count). The molecule has 27 heavy (non-hydrogen) atoms. The van der Waals surface area contributed by atoms with Gasteiger partial charge in [-0.05, 0) is 42.0 Å². The highest BCUT2D eigenvalue weighted by molar-refractivity contribution is 7.67. The molecule has 0 saturated carbocycles. The lowest BCUT2D eigenvalue weighted by molar-refractivity contribution is 0.207. The van der Waals surface area contributed by atoms with Gasteiger partial charge in [-0.15, -0.1) is 0 Å².